The topological polar surface area (TPSA) is 80.5 Å². The molecule has 0 saturated carbocycles. The third kappa shape index (κ3) is 4.40. The highest BCUT2D eigenvalue weighted by Crippen LogP contribution is 2.33. The van der Waals surface area contributed by atoms with Crippen LogP contribution in [0.3, 0.4) is 0 Å². The van der Waals surface area contributed by atoms with Gasteiger partial charge in [-0.1, -0.05) is 43.7 Å². The van der Waals surface area contributed by atoms with Gasteiger partial charge in [-0.2, -0.15) is 4.31 Å². The summed E-state index contributed by atoms with van der Waals surface area (Å²) in [5.74, 6) is 0. The number of nitrogens with zero attached hydrogens (tertiary/aromatic N) is 2. The summed E-state index contributed by atoms with van der Waals surface area (Å²) in [6.07, 6.45) is 10.2. The minimum absolute atomic E-state index is 0.242. The van der Waals surface area contributed by atoms with E-state index in [1.807, 2.05) is 19.1 Å². The molecule has 0 bridgehead atoms. The van der Waals surface area contributed by atoms with Crippen LogP contribution in [0.2, 0.25) is 0 Å². The lowest BCUT2D eigenvalue weighted by molar-refractivity contribution is -0.387. The Morgan fingerprint density at radius 3 is 2.73 bits per heavy atom. The van der Waals surface area contributed by atoms with Crippen molar-refractivity contribution in [3.63, 3.8) is 0 Å². The van der Waals surface area contributed by atoms with Gasteiger partial charge in [0.25, 0.3) is 15.7 Å². The molecule has 1 aliphatic rings. The lowest BCUT2D eigenvalue weighted by Gasteiger charge is -2.36. The first-order chi connectivity index (χ1) is 12.4. The Hall–Kier alpha value is -1.99. The molecule has 0 N–H and O–H groups in total. The van der Waals surface area contributed by atoms with Crippen molar-refractivity contribution in [2.45, 2.75) is 62.4 Å². The van der Waals surface area contributed by atoms with Crippen molar-refractivity contribution in [1.82, 2.24) is 4.31 Å². The van der Waals surface area contributed by atoms with Crippen LogP contribution >= 0.6 is 0 Å². The fourth-order valence-corrected chi connectivity index (χ4v) is 5.47. The molecule has 0 radical (unpaired) electrons. The van der Waals surface area contributed by atoms with Crippen LogP contribution in [0.5, 0.6) is 0 Å². The fourth-order valence-electron chi connectivity index (χ4n) is 3.47. The van der Waals surface area contributed by atoms with E-state index in [1.54, 1.807) is 6.08 Å². The molecule has 26 heavy (non-hydrogen) atoms. The van der Waals surface area contributed by atoms with Gasteiger partial charge in [0.2, 0.25) is 0 Å². The molecule has 2 atom stereocenters. The van der Waals surface area contributed by atoms with Gasteiger partial charge in [0, 0.05) is 18.2 Å². The van der Waals surface area contributed by atoms with Gasteiger partial charge in [-0.25, -0.2) is 8.42 Å². The number of nitro groups is 1. The minimum atomic E-state index is -4.03. The van der Waals surface area contributed by atoms with E-state index < -0.39 is 14.9 Å². The Morgan fingerprint density at radius 2 is 2.15 bits per heavy atom. The van der Waals surface area contributed by atoms with Gasteiger partial charge in [-0.15, -0.1) is 6.58 Å². The highest BCUT2D eigenvalue weighted by molar-refractivity contribution is 7.89. The largest absolute Gasteiger partial charge is 0.289 e. The third-order valence-electron chi connectivity index (χ3n) is 4.59. The van der Waals surface area contributed by atoms with Gasteiger partial charge < -0.3 is 0 Å². The van der Waals surface area contributed by atoms with Crippen LogP contribution in [0.25, 0.3) is 0 Å². The maximum absolute atomic E-state index is 13.5. The first-order valence-electron chi connectivity index (χ1n) is 8.98. The molecule has 7 heteroatoms. The minimum Gasteiger partial charge on any atom is -0.258 e. The van der Waals surface area contributed by atoms with Crippen LogP contribution in [0.15, 0.2) is 54.0 Å². The molecule has 0 aliphatic heterocycles. The fraction of sp³-hybridized carbons (Fsp3) is 0.474. The lowest BCUT2D eigenvalue weighted by Crippen LogP contribution is -2.47. The van der Waals surface area contributed by atoms with Crippen molar-refractivity contribution in [3.05, 3.63) is 59.2 Å². The van der Waals surface area contributed by atoms with E-state index in [9.17, 15) is 18.5 Å². The van der Waals surface area contributed by atoms with Gasteiger partial charge in [0.15, 0.2) is 4.90 Å². The van der Waals surface area contributed by atoms with Gasteiger partial charge in [0.05, 0.1) is 4.92 Å². The average molecular weight is 378 g/mol. The molecule has 0 amide bonds. The molecule has 0 fully saturated rings. The van der Waals surface area contributed by atoms with Crippen molar-refractivity contribution in [1.29, 1.82) is 0 Å². The SMILES string of the molecule is C=CC[C@H](CCC)N(C1C=CCCC1)S(=O)(=O)c1ccccc1[N+](=O)[O-]. The van der Waals surface area contributed by atoms with Gasteiger partial charge in [0.1, 0.15) is 0 Å². The summed E-state index contributed by atoms with van der Waals surface area (Å²) in [6.45, 7) is 5.77. The predicted octanol–water partition coefficient (Wildman–Crippen LogP) is 4.44. The zero-order valence-corrected chi connectivity index (χ0v) is 15.9. The predicted molar refractivity (Wildman–Crippen MR) is 102 cm³/mol. The monoisotopic (exact) mass is 378 g/mol. The van der Waals surface area contributed by atoms with Crippen LogP contribution < -0.4 is 0 Å². The number of benzene rings is 1. The van der Waals surface area contributed by atoms with Crippen LogP contribution in [0, 0.1) is 10.1 Å². The highest BCUT2D eigenvalue weighted by Gasteiger charge is 2.39. The quantitative estimate of drug-likeness (QED) is 0.361. The Bertz CT molecular complexity index is 773. The second-order valence-corrected chi connectivity index (χ2v) is 8.26. The van der Waals surface area contributed by atoms with Gasteiger partial charge in [-0.05, 0) is 38.2 Å². The third-order valence-corrected chi connectivity index (χ3v) is 6.62. The van der Waals surface area contributed by atoms with E-state index in [2.05, 4.69) is 6.58 Å². The molecule has 0 saturated heterocycles. The number of hydrogen-bond donors (Lipinski definition) is 0. The molecular weight excluding hydrogens is 352 g/mol. The lowest BCUT2D eigenvalue weighted by atomic mass is 10.00. The zero-order chi connectivity index (χ0) is 19.2. The van der Waals surface area contributed by atoms with Crippen molar-refractivity contribution in [2.24, 2.45) is 0 Å². The smallest absolute Gasteiger partial charge is 0.258 e. The summed E-state index contributed by atoms with van der Waals surface area (Å²) in [7, 11) is -4.03. The Labute approximate surface area is 155 Å². The molecule has 1 aromatic carbocycles. The zero-order valence-electron chi connectivity index (χ0n) is 15.1. The number of para-hydroxylation sites is 1. The normalized spacial score (nSPS) is 18.6. The Morgan fingerprint density at radius 1 is 1.42 bits per heavy atom. The first-order valence-corrected chi connectivity index (χ1v) is 10.4. The molecule has 0 spiro atoms. The molecule has 142 valence electrons. The molecular formula is C19H26N2O4S. The highest BCUT2D eigenvalue weighted by atomic mass is 32.2. The van der Waals surface area contributed by atoms with Crippen LogP contribution in [-0.2, 0) is 10.0 Å². The summed E-state index contributed by atoms with van der Waals surface area (Å²) < 4.78 is 28.5. The number of sulfonamides is 1. The molecule has 0 heterocycles. The summed E-state index contributed by atoms with van der Waals surface area (Å²) in [4.78, 5) is 10.5. The van der Waals surface area contributed by atoms with Crippen molar-refractivity contribution in [3.8, 4) is 0 Å². The van der Waals surface area contributed by atoms with E-state index in [0.29, 0.717) is 19.3 Å². The maximum atomic E-state index is 13.5. The number of nitro benzene ring substituents is 1. The number of hydrogen-bond acceptors (Lipinski definition) is 4. The molecule has 2 rings (SSSR count). The number of rotatable bonds is 9. The van der Waals surface area contributed by atoms with Crippen LogP contribution in [-0.4, -0.2) is 29.7 Å². The van der Waals surface area contributed by atoms with Gasteiger partial charge in [-0.3, -0.25) is 10.1 Å². The molecule has 0 aromatic heterocycles. The van der Waals surface area contributed by atoms with E-state index in [4.69, 9.17) is 0 Å². The second-order valence-electron chi connectivity index (χ2n) is 6.45. The van der Waals surface area contributed by atoms with E-state index in [1.165, 1.54) is 28.6 Å². The molecule has 1 aromatic rings. The average Bonchev–Trinajstić information content (AvgIpc) is 2.63. The standard InChI is InChI=1S/C19H26N2O4S/c1-3-10-16(11-4-2)20(17-12-6-5-7-13-17)26(24,25)19-15-9-8-14-18(19)21(22)23/h3,6,8-9,12,14-17H,1,4-5,7,10-11,13H2,2H3/t16-,17?/m1/s1. The number of allylic oxidation sites excluding steroid dienone is 1. The van der Waals surface area contributed by atoms with E-state index in [-0.39, 0.29) is 22.7 Å². The van der Waals surface area contributed by atoms with Crippen molar-refractivity contribution in [2.75, 3.05) is 0 Å². The first kappa shape index (κ1) is 20.3. The van der Waals surface area contributed by atoms with E-state index in [0.717, 1.165) is 19.3 Å². The van der Waals surface area contributed by atoms with E-state index >= 15 is 0 Å². The van der Waals surface area contributed by atoms with Crippen LogP contribution in [0.4, 0.5) is 5.69 Å². The Balaban J connectivity index is 2.59. The second kappa shape index (κ2) is 9.09. The summed E-state index contributed by atoms with van der Waals surface area (Å²) in [5.41, 5.74) is -0.383. The summed E-state index contributed by atoms with van der Waals surface area (Å²) in [5, 5.41) is 11.4. The molecule has 1 aliphatic carbocycles. The molecule has 6 nitrogen and oxygen atoms in total. The van der Waals surface area contributed by atoms with Crippen LogP contribution in [0.1, 0.15) is 45.4 Å². The van der Waals surface area contributed by atoms with Crippen molar-refractivity contribution < 1.29 is 13.3 Å². The maximum Gasteiger partial charge on any atom is 0.289 e. The van der Waals surface area contributed by atoms with Gasteiger partial charge >= 0.3 is 0 Å². The van der Waals surface area contributed by atoms with Crippen molar-refractivity contribution >= 4 is 15.7 Å². The Kier molecular flexibility index (Phi) is 7.11. The summed E-state index contributed by atoms with van der Waals surface area (Å²) >= 11 is 0. The summed E-state index contributed by atoms with van der Waals surface area (Å²) in [6, 6.07) is 5.01. The molecule has 1 unspecified atom stereocenters.